The molecular formula is C25H29NO4. The summed E-state index contributed by atoms with van der Waals surface area (Å²) in [6, 6.07) is 9.14. The van der Waals surface area contributed by atoms with Crippen molar-refractivity contribution in [1.82, 2.24) is 4.90 Å². The summed E-state index contributed by atoms with van der Waals surface area (Å²) >= 11 is 0. The second-order valence-corrected chi connectivity index (χ2v) is 8.29. The van der Waals surface area contributed by atoms with Crippen LogP contribution in [0.5, 0.6) is 23.0 Å². The van der Waals surface area contributed by atoms with Gasteiger partial charge in [0, 0.05) is 12.6 Å². The monoisotopic (exact) mass is 407 g/mol. The molecule has 2 aliphatic heterocycles. The first-order valence-corrected chi connectivity index (χ1v) is 10.7. The quantitative estimate of drug-likeness (QED) is 0.573. The zero-order chi connectivity index (χ0) is 20.8. The molecule has 0 N–H and O–H groups in total. The molecule has 3 aromatic rings. The molecule has 0 bridgehead atoms. The maximum absolute atomic E-state index is 5.66. The van der Waals surface area contributed by atoms with E-state index in [9.17, 15) is 0 Å². The van der Waals surface area contributed by atoms with Crippen molar-refractivity contribution in [3.63, 3.8) is 0 Å². The lowest BCUT2D eigenvalue weighted by Crippen LogP contribution is -2.43. The van der Waals surface area contributed by atoms with Gasteiger partial charge in [0.25, 0.3) is 0 Å². The molecule has 0 unspecified atom stereocenters. The zero-order valence-electron chi connectivity index (χ0n) is 18.2. The first-order valence-electron chi connectivity index (χ1n) is 10.7. The van der Waals surface area contributed by atoms with E-state index in [-0.39, 0.29) is 0 Å². The zero-order valence-corrected chi connectivity index (χ0v) is 18.2. The van der Waals surface area contributed by atoms with Crippen LogP contribution in [0.25, 0.3) is 21.5 Å². The van der Waals surface area contributed by atoms with E-state index in [0.717, 1.165) is 41.3 Å². The summed E-state index contributed by atoms with van der Waals surface area (Å²) in [6.45, 7) is 2.17. The van der Waals surface area contributed by atoms with E-state index in [0.29, 0.717) is 6.04 Å². The van der Waals surface area contributed by atoms with Crippen molar-refractivity contribution < 1.29 is 18.9 Å². The first-order chi connectivity index (χ1) is 14.7. The highest BCUT2D eigenvalue weighted by molar-refractivity contribution is 6.12. The summed E-state index contributed by atoms with van der Waals surface area (Å²) in [5.74, 6) is 3.04. The highest BCUT2D eigenvalue weighted by atomic mass is 16.5. The van der Waals surface area contributed by atoms with Crippen molar-refractivity contribution in [1.29, 1.82) is 0 Å². The minimum absolute atomic E-state index is 0.625. The number of ether oxygens (including phenoxy) is 4. The second-order valence-electron chi connectivity index (χ2n) is 8.29. The van der Waals surface area contributed by atoms with Crippen LogP contribution in [0.3, 0.4) is 0 Å². The van der Waals surface area contributed by atoms with Crippen molar-refractivity contribution >= 4 is 21.5 Å². The number of nitrogens with zero attached hydrogens (tertiary/aromatic N) is 1. The van der Waals surface area contributed by atoms with Gasteiger partial charge >= 0.3 is 0 Å². The van der Waals surface area contributed by atoms with Crippen molar-refractivity contribution in [3.8, 4) is 23.0 Å². The Bertz CT molecular complexity index is 1040. The van der Waals surface area contributed by atoms with Gasteiger partial charge < -0.3 is 18.9 Å². The number of methoxy groups -OCH3 is 4. The molecule has 1 fully saturated rings. The summed E-state index contributed by atoms with van der Waals surface area (Å²) in [4.78, 5) is 2.66. The van der Waals surface area contributed by atoms with E-state index in [2.05, 4.69) is 29.2 Å². The Kier molecular flexibility index (Phi) is 4.86. The molecule has 0 spiro atoms. The first kappa shape index (κ1) is 19.3. The topological polar surface area (TPSA) is 40.2 Å². The molecule has 0 aliphatic carbocycles. The predicted octanol–water partition coefficient (Wildman–Crippen LogP) is 4.94. The van der Waals surface area contributed by atoms with E-state index in [4.69, 9.17) is 18.9 Å². The summed E-state index contributed by atoms with van der Waals surface area (Å²) in [6.07, 6.45) is 4.97. The fourth-order valence-electron chi connectivity index (χ4n) is 5.38. The van der Waals surface area contributed by atoms with Crippen LogP contribution in [0.4, 0.5) is 0 Å². The molecular weight excluding hydrogens is 378 g/mol. The highest BCUT2D eigenvalue weighted by Gasteiger charge is 2.31. The maximum atomic E-state index is 5.66. The van der Waals surface area contributed by atoms with Gasteiger partial charge in [-0.3, -0.25) is 4.90 Å². The number of hydrogen-bond donors (Lipinski definition) is 0. The van der Waals surface area contributed by atoms with E-state index >= 15 is 0 Å². The Labute approximate surface area is 177 Å². The number of fused-ring (bicyclic) bond motifs is 7. The number of piperidine rings is 1. The van der Waals surface area contributed by atoms with E-state index in [1.54, 1.807) is 28.4 Å². The number of hydrogen-bond acceptors (Lipinski definition) is 5. The van der Waals surface area contributed by atoms with Gasteiger partial charge in [-0.25, -0.2) is 0 Å². The standard InChI is InChI=1S/C25H29NO4/c1-27-22-10-17-16-9-15-7-5-6-8-26(15)14-21(16)20-13-25(30-4)24(29-3)12-19(20)18(17)11-23(22)28-2/h10-13,15H,5-9,14H2,1-4H3/t15-/m0/s1. The molecule has 0 aromatic heterocycles. The Morgan fingerprint density at radius 1 is 0.667 bits per heavy atom. The van der Waals surface area contributed by atoms with Crippen LogP contribution in [0.2, 0.25) is 0 Å². The van der Waals surface area contributed by atoms with Crippen molar-refractivity contribution in [2.45, 2.75) is 38.3 Å². The predicted molar refractivity (Wildman–Crippen MR) is 119 cm³/mol. The lowest BCUT2D eigenvalue weighted by Gasteiger charge is -2.41. The van der Waals surface area contributed by atoms with Crippen LogP contribution >= 0.6 is 0 Å². The molecule has 158 valence electrons. The lowest BCUT2D eigenvalue weighted by molar-refractivity contribution is 0.128. The summed E-state index contributed by atoms with van der Waals surface area (Å²) in [7, 11) is 6.78. The third kappa shape index (κ3) is 2.87. The maximum Gasteiger partial charge on any atom is 0.161 e. The largest absolute Gasteiger partial charge is 0.493 e. The fourth-order valence-corrected chi connectivity index (χ4v) is 5.38. The molecule has 0 radical (unpaired) electrons. The Morgan fingerprint density at radius 2 is 1.17 bits per heavy atom. The van der Waals surface area contributed by atoms with Crippen LogP contribution in [0.15, 0.2) is 24.3 Å². The van der Waals surface area contributed by atoms with Gasteiger partial charge in [-0.2, -0.15) is 0 Å². The molecule has 1 atom stereocenters. The van der Waals surface area contributed by atoms with Gasteiger partial charge in [0.05, 0.1) is 28.4 Å². The van der Waals surface area contributed by atoms with Crippen LogP contribution in [-0.4, -0.2) is 45.9 Å². The molecule has 5 nitrogen and oxygen atoms in total. The molecule has 0 amide bonds. The molecule has 5 rings (SSSR count). The van der Waals surface area contributed by atoms with Crippen molar-refractivity contribution in [2.75, 3.05) is 35.0 Å². The molecule has 30 heavy (non-hydrogen) atoms. The SMILES string of the molecule is COc1cc2c3c(c4cc(OC)c(OC)cc4c2cc1OC)CN1CCCC[C@H]1C3. The van der Waals surface area contributed by atoms with Gasteiger partial charge in [-0.15, -0.1) is 0 Å². The molecule has 2 heterocycles. The van der Waals surface area contributed by atoms with Crippen molar-refractivity contribution in [3.05, 3.63) is 35.4 Å². The highest BCUT2D eigenvalue weighted by Crippen LogP contribution is 2.45. The summed E-state index contributed by atoms with van der Waals surface area (Å²) in [5, 5.41) is 4.84. The Balaban J connectivity index is 1.88. The van der Waals surface area contributed by atoms with Gasteiger partial charge in [0.1, 0.15) is 0 Å². The normalized spacial score (nSPS) is 18.7. The average molecular weight is 408 g/mol. The van der Waals surface area contributed by atoms with Crippen LogP contribution in [0.1, 0.15) is 30.4 Å². The second kappa shape index (κ2) is 7.55. The smallest absolute Gasteiger partial charge is 0.161 e. The molecule has 1 saturated heterocycles. The third-order valence-electron chi connectivity index (χ3n) is 6.90. The van der Waals surface area contributed by atoms with Gasteiger partial charge in [0.15, 0.2) is 23.0 Å². The minimum atomic E-state index is 0.625. The number of rotatable bonds is 4. The van der Waals surface area contributed by atoms with Gasteiger partial charge in [-0.05, 0) is 82.7 Å². The minimum Gasteiger partial charge on any atom is -0.493 e. The lowest BCUT2D eigenvalue weighted by atomic mass is 9.82. The molecule has 2 aliphatic rings. The van der Waals surface area contributed by atoms with Crippen molar-refractivity contribution in [2.24, 2.45) is 0 Å². The molecule has 0 saturated carbocycles. The van der Waals surface area contributed by atoms with E-state index < -0.39 is 0 Å². The average Bonchev–Trinajstić information content (AvgIpc) is 2.81. The molecule has 3 aromatic carbocycles. The fraction of sp³-hybridized carbons (Fsp3) is 0.440. The Morgan fingerprint density at radius 3 is 1.70 bits per heavy atom. The van der Waals surface area contributed by atoms with E-state index in [1.165, 1.54) is 53.1 Å². The van der Waals surface area contributed by atoms with Crippen LogP contribution in [0, 0.1) is 0 Å². The summed E-state index contributed by atoms with van der Waals surface area (Å²) in [5.41, 5.74) is 2.85. The third-order valence-corrected chi connectivity index (χ3v) is 6.90. The van der Waals surface area contributed by atoms with Crippen LogP contribution in [-0.2, 0) is 13.0 Å². The van der Waals surface area contributed by atoms with Gasteiger partial charge in [0.2, 0.25) is 0 Å². The number of benzene rings is 3. The van der Waals surface area contributed by atoms with Gasteiger partial charge in [-0.1, -0.05) is 6.42 Å². The summed E-state index contributed by atoms with van der Waals surface area (Å²) < 4.78 is 22.6. The molecule has 5 heteroatoms. The van der Waals surface area contributed by atoms with Crippen LogP contribution < -0.4 is 18.9 Å². The van der Waals surface area contributed by atoms with E-state index in [1.807, 2.05) is 0 Å². The Hall–Kier alpha value is -2.66.